The molecule has 0 saturated heterocycles. The van der Waals surface area contributed by atoms with E-state index >= 15 is 0 Å². The zero-order valence-electron chi connectivity index (χ0n) is 12.2. The van der Waals surface area contributed by atoms with Crippen LogP contribution in [0, 0.1) is 0 Å². The first-order chi connectivity index (χ1) is 9.11. The van der Waals surface area contributed by atoms with Crippen LogP contribution in [0.25, 0.3) is 0 Å². The quantitative estimate of drug-likeness (QED) is 0.673. The number of hydrogen-bond acceptors (Lipinski definition) is 4. The summed E-state index contributed by atoms with van der Waals surface area (Å²) in [5, 5.41) is 3.50. The summed E-state index contributed by atoms with van der Waals surface area (Å²) < 4.78 is 5.16. The lowest BCUT2D eigenvalue weighted by atomic mass is 9.96. The number of nitrogens with two attached hydrogens (primary N) is 1. The van der Waals surface area contributed by atoms with Crippen molar-refractivity contribution >= 4 is 5.91 Å². The highest BCUT2D eigenvalue weighted by atomic mass is 16.5. The van der Waals surface area contributed by atoms with E-state index in [4.69, 9.17) is 10.5 Å². The first-order valence-electron chi connectivity index (χ1n) is 7.42. The van der Waals surface area contributed by atoms with E-state index in [9.17, 15) is 4.79 Å². The zero-order chi connectivity index (χ0) is 13.9. The molecule has 2 unspecified atom stereocenters. The topological polar surface area (TPSA) is 67.6 Å². The molecule has 0 aromatic heterocycles. The van der Waals surface area contributed by atoms with E-state index in [1.165, 1.54) is 12.8 Å². The van der Waals surface area contributed by atoms with Gasteiger partial charge in [-0.25, -0.2) is 0 Å². The van der Waals surface area contributed by atoms with Crippen molar-refractivity contribution in [2.24, 2.45) is 5.73 Å². The van der Waals surface area contributed by atoms with Crippen LogP contribution in [-0.2, 0) is 9.53 Å². The van der Waals surface area contributed by atoms with Crippen molar-refractivity contribution < 1.29 is 9.53 Å². The highest BCUT2D eigenvalue weighted by Gasteiger charge is 2.47. The van der Waals surface area contributed by atoms with E-state index in [2.05, 4.69) is 17.1 Å². The Bertz CT molecular complexity index is 320. The third kappa shape index (κ3) is 3.46. The number of likely N-dealkylation sites (N-methyl/N-ethyl adjacent to an activating group) is 1. The van der Waals surface area contributed by atoms with E-state index in [-0.39, 0.29) is 5.91 Å². The maximum atomic E-state index is 11.9. The average Bonchev–Trinajstić information content (AvgIpc) is 3.09. The number of methoxy groups -OCH3 is 1. The van der Waals surface area contributed by atoms with Crippen molar-refractivity contribution in [2.75, 3.05) is 26.8 Å². The van der Waals surface area contributed by atoms with Crippen LogP contribution in [0.4, 0.5) is 0 Å². The van der Waals surface area contributed by atoms with Gasteiger partial charge in [0.05, 0.1) is 12.1 Å². The van der Waals surface area contributed by atoms with Crippen molar-refractivity contribution in [3.8, 4) is 0 Å². The zero-order valence-corrected chi connectivity index (χ0v) is 12.2. The average molecular weight is 269 g/mol. The first-order valence-corrected chi connectivity index (χ1v) is 7.42. The number of amides is 1. The van der Waals surface area contributed by atoms with Crippen molar-refractivity contribution in [2.45, 2.75) is 56.7 Å². The van der Waals surface area contributed by atoms with Crippen LogP contribution in [-0.4, -0.2) is 55.2 Å². The van der Waals surface area contributed by atoms with Gasteiger partial charge in [0.15, 0.2) is 0 Å². The van der Waals surface area contributed by atoms with Crippen molar-refractivity contribution in [1.82, 2.24) is 10.2 Å². The highest BCUT2D eigenvalue weighted by Crippen LogP contribution is 2.36. The van der Waals surface area contributed by atoms with Gasteiger partial charge in [0.25, 0.3) is 0 Å². The van der Waals surface area contributed by atoms with Crippen LogP contribution in [0.2, 0.25) is 0 Å². The van der Waals surface area contributed by atoms with Gasteiger partial charge in [-0.3, -0.25) is 9.69 Å². The summed E-state index contributed by atoms with van der Waals surface area (Å²) in [7, 11) is 1.73. The molecule has 0 bridgehead atoms. The van der Waals surface area contributed by atoms with Gasteiger partial charge in [0.1, 0.15) is 0 Å². The van der Waals surface area contributed by atoms with Gasteiger partial charge in [-0.2, -0.15) is 0 Å². The molecule has 2 rings (SSSR count). The minimum atomic E-state index is -0.466. The molecule has 0 spiro atoms. The predicted octanol–water partition coefficient (Wildman–Crippen LogP) is 0.483. The summed E-state index contributed by atoms with van der Waals surface area (Å²) in [6.07, 6.45) is 5.12. The molecule has 0 aromatic rings. The predicted molar refractivity (Wildman–Crippen MR) is 74.8 cm³/mol. The molecular formula is C14H27N3O2. The Labute approximate surface area is 115 Å². The molecule has 2 aliphatic carbocycles. The molecule has 0 aromatic carbocycles. The number of carbonyl (C=O) groups excluding carboxylic acids is 1. The normalized spacial score (nSPS) is 31.0. The molecule has 5 nitrogen and oxygen atoms in total. The molecule has 1 amide bonds. The number of primary amides is 1. The molecule has 0 heterocycles. The van der Waals surface area contributed by atoms with Crippen LogP contribution >= 0.6 is 0 Å². The van der Waals surface area contributed by atoms with E-state index < -0.39 is 5.54 Å². The number of carbonyl (C=O) groups is 1. The van der Waals surface area contributed by atoms with Gasteiger partial charge < -0.3 is 15.8 Å². The molecule has 3 N–H and O–H groups in total. The summed E-state index contributed by atoms with van der Waals surface area (Å²) >= 11 is 0. The van der Waals surface area contributed by atoms with Gasteiger partial charge in [-0.1, -0.05) is 6.92 Å². The second-order valence-corrected chi connectivity index (χ2v) is 5.88. The summed E-state index contributed by atoms with van der Waals surface area (Å²) in [6.45, 7) is 4.82. The number of nitrogens with one attached hydrogen (secondary N) is 1. The summed E-state index contributed by atoms with van der Waals surface area (Å²) in [6, 6.07) is 0.958. The van der Waals surface area contributed by atoms with Gasteiger partial charge in [-0.05, 0) is 38.6 Å². The highest BCUT2D eigenvalue weighted by molar-refractivity contribution is 5.85. The molecule has 2 aliphatic rings. The van der Waals surface area contributed by atoms with E-state index in [1.54, 1.807) is 7.11 Å². The van der Waals surface area contributed by atoms with Crippen LogP contribution in [0.15, 0.2) is 0 Å². The number of hydrogen-bond donors (Lipinski definition) is 2. The lowest BCUT2D eigenvalue weighted by Gasteiger charge is -2.31. The lowest BCUT2D eigenvalue weighted by molar-refractivity contribution is -0.124. The number of ether oxygens (including phenoxy) is 1. The molecule has 0 aliphatic heterocycles. The molecular weight excluding hydrogens is 242 g/mol. The van der Waals surface area contributed by atoms with Gasteiger partial charge >= 0.3 is 0 Å². The Balaban J connectivity index is 1.96. The first kappa shape index (κ1) is 14.8. The van der Waals surface area contributed by atoms with Crippen LogP contribution in [0.1, 0.15) is 39.0 Å². The Morgan fingerprint density at radius 3 is 2.74 bits per heavy atom. The molecule has 2 fully saturated rings. The minimum Gasteiger partial charge on any atom is -0.383 e. The molecule has 19 heavy (non-hydrogen) atoms. The van der Waals surface area contributed by atoms with Crippen LogP contribution in [0.3, 0.4) is 0 Å². The summed E-state index contributed by atoms with van der Waals surface area (Å²) in [4.78, 5) is 14.3. The maximum Gasteiger partial charge on any atom is 0.237 e. The third-order valence-electron chi connectivity index (χ3n) is 4.52. The fourth-order valence-electron chi connectivity index (χ4n) is 3.18. The fourth-order valence-corrected chi connectivity index (χ4v) is 3.18. The Morgan fingerprint density at radius 1 is 1.47 bits per heavy atom. The molecule has 110 valence electrons. The van der Waals surface area contributed by atoms with Gasteiger partial charge in [-0.15, -0.1) is 0 Å². The van der Waals surface area contributed by atoms with Crippen LogP contribution < -0.4 is 11.1 Å². The molecule has 2 atom stereocenters. The summed E-state index contributed by atoms with van der Waals surface area (Å²) in [5.74, 6) is -0.176. The smallest absolute Gasteiger partial charge is 0.237 e. The van der Waals surface area contributed by atoms with Crippen molar-refractivity contribution in [1.29, 1.82) is 0 Å². The second-order valence-electron chi connectivity index (χ2n) is 5.88. The number of nitrogens with zero attached hydrogens (tertiary/aromatic N) is 1. The van der Waals surface area contributed by atoms with Crippen LogP contribution in [0.5, 0.6) is 0 Å². The molecule has 2 saturated carbocycles. The van der Waals surface area contributed by atoms with E-state index in [0.29, 0.717) is 12.1 Å². The van der Waals surface area contributed by atoms with Gasteiger partial charge in [0.2, 0.25) is 5.91 Å². The molecule has 5 heteroatoms. The monoisotopic (exact) mass is 269 g/mol. The van der Waals surface area contributed by atoms with Gasteiger partial charge in [0, 0.05) is 25.7 Å². The Morgan fingerprint density at radius 2 is 2.21 bits per heavy atom. The lowest BCUT2D eigenvalue weighted by Crippen LogP contribution is -2.55. The standard InChI is InChI=1S/C14H27N3O2/c1-3-17(8-9-19-2)12-6-7-14(10-12,13(15)18)16-11-4-5-11/h11-12,16H,3-10H2,1-2H3,(H2,15,18). The maximum absolute atomic E-state index is 11.9. The second kappa shape index (κ2) is 6.20. The third-order valence-corrected chi connectivity index (χ3v) is 4.52. The summed E-state index contributed by atoms with van der Waals surface area (Å²) in [5.41, 5.74) is 5.20. The minimum absolute atomic E-state index is 0.176. The number of rotatable bonds is 8. The van der Waals surface area contributed by atoms with Crippen molar-refractivity contribution in [3.63, 3.8) is 0 Å². The Hall–Kier alpha value is -0.650. The fraction of sp³-hybridized carbons (Fsp3) is 0.929. The SMILES string of the molecule is CCN(CCOC)C1CCC(NC2CC2)(C(N)=O)C1. The van der Waals surface area contributed by atoms with E-state index in [0.717, 1.165) is 39.0 Å². The largest absolute Gasteiger partial charge is 0.383 e. The Kier molecular flexibility index (Phi) is 4.81. The van der Waals surface area contributed by atoms with Crippen molar-refractivity contribution in [3.05, 3.63) is 0 Å². The molecule has 0 radical (unpaired) electrons. The van der Waals surface area contributed by atoms with E-state index in [1.807, 2.05) is 0 Å².